The van der Waals surface area contributed by atoms with Gasteiger partial charge in [0.25, 0.3) is 0 Å². The number of rotatable bonds is 4. The molecule has 0 aromatic heterocycles. The summed E-state index contributed by atoms with van der Waals surface area (Å²) in [6, 6.07) is 4.26. The molecule has 6 nitrogen and oxygen atoms in total. The van der Waals surface area contributed by atoms with E-state index in [1.807, 2.05) is 0 Å². The Morgan fingerprint density at radius 3 is 2.62 bits per heavy atom. The number of carbonyl (C=O) groups excluding carboxylic acids is 1. The Balaban J connectivity index is 1.89. The number of methoxy groups -OCH3 is 1. The molecule has 1 saturated carbocycles. The van der Waals surface area contributed by atoms with E-state index in [-0.39, 0.29) is 5.92 Å². The highest BCUT2D eigenvalue weighted by atomic mass is 19.1. The van der Waals surface area contributed by atoms with Gasteiger partial charge in [0.1, 0.15) is 11.9 Å². The Morgan fingerprint density at radius 2 is 2.00 bits per heavy atom. The number of urea groups is 1. The fourth-order valence-corrected chi connectivity index (χ4v) is 2.52. The average molecular weight is 298 g/mol. The van der Waals surface area contributed by atoms with Crippen LogP contribution >= 0.6 is 0 Å². The fraction of sp³-hybridized carbons (Fsp3) is 0.500. The first-order valence-electron chi connectivity index (χ1n) is 6.69. The van der Waals surface area contributed by atoms with Crippen molar-refractivity contribution in [2.45, 2.75) is 24.7 Å². The monoisotopic (exact) mass is 298 g/mol. The summed E-state index contributed by atoms with van der Waals surface area (Å²) in [5.74, 6) is -0.612. The number of aliphatic hydroxyl groups is 2. The van der Waals surface area contributed by atoms with Crippen LogP contribution in [-0.4, -0.2) is 48.2 Å². The molecule has 21 heavy (non-hydrogen) atoms. The second kappa shape index (κ2) is 6.84. The largest absolute Gasteiger partial charge is 0.390 e. The maximum Gasteiger partial charge on any atom is 0.319 e. The molecule has 0 spiro atoms. The Bertz CT molecular complexity index is 482. The van der Waals surface area contributed by atoms with Crippen LogP contribution in [0.3, 0.4) is 0 Å². The zero-order chi connectivity index (χ0) is 15.4. The quantitative estimate of drug-likeness (QED) is 0.659. The molecule has 1 aromatic rings. The van der Waals surface area contributed by atoms with Crippen molar-refractivity contribution >= 4 is 11.7 Å². The molecule has 4 unspecified atom stereocenters. The molecule has 7 heteroatoms. The van der Waals surface area contributed by atoms with Gasteiger partial charge in [-0.15, -0.1) is 0 Å². The summed E-state index contributed by atoms with van der Waals surface area (Å²) in [5, 5.41) is 24.9. The smallest absolute Gasteiger partial charge is 0.319 e. The Labute approximate surface area is 121 Å². The number of amides is 2. The first-order chi connectivity index (χ1) is 10.0. The molecule has 2 amide bonds. The van der Waals surface area contributed by atoms with Gasteiger partial charge in [-0.05, 0) is 30.7 Å². The minimum absolute atomic E-state index is 0.221. The molecular weight excluding hydrogens is 279 g/mol. The minimum atomic E-state index is -1.04. The van der Waals surface area contributed by atoms with Crippen LogP contribution in [-0.2, 0) is 4.74 Å². The highest BCUT2D eigenvalue weighted by Gasteiger charge is 2.42. The summed E-state index contributed by atoms with van der Waals surface area (Å²) in [5.41, 5.74) is 0.440. The summed E-state index contributed by atoms with van der Waals surface area (Å²) in [6.45, 7) is 0.315. The van der Waals surface area contributed by atoms with E-state index in [0.29, 0.717) is 18.7 Å². The normalized spacial score (nSPS) is 28.4. The number of ether oxygens (including phenoxy) is 1. The molecule has 0 bridgehead atoms. The van der Waals surface area contributed by atoms with Gasteiger partial charge in [-0.2, -0.15) is 0 Å². The van der Waals surface area contributed by atoms with Gasteiger partial charge in [0.15, 0.2) is 0 Å². The van der Waals surface area contributed by atoms with Crippen molar-refractivity contribution in [3.05, 3.63) is 30.1 Å². The third kappa shape index (κ3) is 3.90. The molecule has 0 saturated heterocycles. The van der Waals surface area contributed by atoms with Gasteiger partial charge < -0.3 is 25.6 Å². The lowest BCUT2D eigenvalue weighted by atomic mass is 10.1. The topological polar surface area (TPSA) is 90.8 Å². The predicted octanol–water partition coefficient (Wildman–Crippen LogP) is 0.704. The number of carbonyl (C=O) groups is 1. The first kappa shape index (κ1) is 15.7. The summed E-state index contributed by atoms with van der Waals surface area (Å²) in [4.78, 5) is 11.8. The molecule has 1 aliphatic rings. The second-order valence-corrected chi connectivity index (χ2v) is 5.14. The van der Waals surface area contributed by atoms with Crippen molar-refractivity contribution in [2.24, 2.45) is 5.92 Å². The van der Waals surface area contributed by atoms with Crippen LogP contribution in [0, 0.1) is 11.7 Å². The highest BCUT2D eigenvalue weighted by molar-refractivity contribution is 5.89. The number of nitrogens with one attached hydrogen (secondary N) is 2. The lowest BCUT2D eigenvalue weighted by molar-refractivity contribution is -0.00487. The molecular formula is C14H19FN2O4. The van der Waals surface area contributed by atoms with Crippen LogP contribution in [0.2, 0.25) is 0 Å². The molecule has 116 valence electrons. The van der Waals surface area contributed by atoms with Crippen LogP contribution in [0.5, 0.6) is 0 Å². The number of hydrogen-bond acceptors (Lipinski definition) is 4. The van der Waals surface area contributed by atoms with Crippen LogP contribution in [0.15, 0.2) is 24.3 Å². The van der Waals surface area contributed by atoms with E-state index in [0.717, 1.165) is 0 Å². The van der Waals surface area contributed by atoms with Gasteiger partial charge in [-0.1, -0.05) is 0 Å². The van der Waals surface area contributed by atoms with Gasteiger partial charge in [0, 0.05) is 18.7 Å². The van der Waals surface area contributed by atoms with Crippen LogP contribution in [0.4, 0.5) is 14.9 Å². The third-order valence-corrected chi connectivity index (χ3v) is 3.60. The van der Waals surface area contributed by atoms with Crippen molar-refractivity contribution in [1.29, 1.82) is 0 Å². The lowest BCUT2D eigenvalue weighted by Gasteiger charge is -2.18. The van der Waals surface area contributed by atoms with Crippen molar-refractivity contribution in [3.8, 4) is 0 Å². The average Bonchev–Trinajstić information content (AvgIpc) is 2.70. The number of halogens is 1. The van der Waals surface area contributed by atoms with Gasteiger partial charge in [0.2, 0.25) is 0 Å². The van der Waals surface area contributed by atoms with E-state index < -0.39 is 30.1 Å². The summed E-state index contributed by atoms with van der Waals surface area (Å²) >= 11 is 0. The van der Waals surface area contributed by atoms with Gasteiger partial charge >= 0.3 is 6.03 Å². The van der Waals surface area contributed by atoms with Crippen LogP contribution in [0.1, 0.15) is 6.42 Å². The minimum Gasteiger partial charge on any atom is -0.390 e. The zero-order valence-corrected chi connectivity index (χ0v) is 11.6. The van der Waals surface area contributed by atoms with Crippen molar-refractivity contribution in [2.75, 3.05) is 19.0 Å². The van der Waals surface area contributed by atoms with Crippen LogP contribution in [0.25, 0.3) is 0 Å². The van der Waals surface area contributed by atoms with Crippen molar-refractivity contribution in [1.82, 2.24) is 5.32 Å². The molecule has 4 atom stereocenters. The van der Waals surface area contributed by atoms with E-state index in [4.69, 9.17) is 4.74 Å². The fourth-order valence-electron chi connectivity index (χ4n) is 2.52. The second-order valence-electron chi connectivity index (χ2n) is 5.14. The number of benzene rings is 1. The third-order valence-electron chi connectivity index (χ3n) is 3.60. The molecule has 1 fully saturated rings. The predicted molar refractivity (Wildman–Crippen MR) is 74.3 cm³/mol. The van der Waals surface area contributed by atoms with E-state index in [1.165, 1.54) is 31.4 Å². The van der Waals surface area contributed by atoms with Crippen molar-refractivity contribution < 1.29 is 24.1 Å². The maximum absolute atomic E-state index is 12.8. The SMILES string of the molecule is COCC1CC(NC(=O)Nc2ccc(F)cc2)C(O)C1O. The van der Waals surface area contributed by atoms with Gasteiger partial charge in [0.05, 0.1) is 18.8 Å². The van der Waals surface area contributed by atoms with E-state index in [2.05, 4.69) is 10.6 Å². The molecule has 0 radical (unpaired) electrons. The Hall–Kier alpha value is -1.70. The molecule has 1 aromatic carbocycles. The molecule has 2 rings (SSSR count). The summed E-state index contributed by atoms with van der Waals surface area (Å²) in [6.07, 6.45) is -1.54. The Kier molecular flexibility index (Phi) is 5.11. The summed E-state index contributed by atoms with van der Waals surface area (Å²) in [7, 11) is 1.51. The number of hydrogen-bond donors (Lipinski definition) is 4. The zero-order valence-electron chi connectivity index (χ0n) is 11.6. The Morgan fingerprint density at radius 1 is 1.33 bits per heavy atom. The molecule has 0 aliphatic heterocycles. The van der Waals surface area contributed by atoms with Gasteiger partial charge in [-0.25, -0.2) is 9.18 Å². The van der Waals surface area contributed by atoms with E-state index in [1.54, 1.807) is 0 Å². The molecule has 0 heterocycles. The van der Waals surface area contributed by atoms with E-state index >= 15 is 0 Å². The highest BCUT2D eigenvalue weighted by Crippen LogP contribution is 2.27. The van der Waals surface area contributed by atoms with Crippen LogP contribution < -0.4 is 10.6 Å². The van der Waals surface area contributed by atoms with Gasteiger partial charge in [-0.3, -0.25) is 0 Å². The van der Waals surface area contributed by atoms with Crippen molar-refractivity contribution in [3.63, 3.8) is 0 Å². The summed E-state index contributed by atoms with van der Waals surface area (Å²) < 4.78 is 17.7. The molecule has 1 aliphatic carbocycles. The maximum atomic E-state index is 12.8. The first-order valence-corrected chi connectivity index (χ1v) is 6.69. The number of anilines is 1. The number of aliphatic hydroxyl groups excluding tert-OH is 2. The molecule has 4 N–H and O–H groups in total. The lowest BCUT2D eigenvalue weighted by Crippen LogP contribution is -2.44. The standard InChI is InChI=1S/C14H19FN2O4/c1-21-7-8-6-11(13(19)12(8)18)17-14(20)16-10-4-2-9(15)3-5-10/h2-5,8,11-13,18-19H,6-7H2,1H3,(H2,16,17,20). The van der Waals surface area contributed by atoms with E-state index in [9.17, 15) is 19.4 Å².